The van der Waals surface area contributed by atoms with Crippen molar-refractivity contribution < 1.29 is 5.11 Å². The maximum absolute atomic E-state index is 10.00. The smallest absolute Gasteiger partial charge is 0.141 e. The molecule has 4 aliphatic rings. The molecule has 0 atom stereocenters. The first-order valence-corrected chi connectivity index (χ1v) is 9.51. The van der Waals surface area contributed by atoms with Crippen molar-refractivity contribution in [3.63, 3.8) is 0 Å². The summed E-state index contributed by atoms with van der Waals surface area (Å²) < 4.78 is 0. The van der Waals surface area contributed by atoms with Gasteiger partial charge >= 0.3 is 0 Å². The fraction of sp³-hybridized carbons (Fsp3) is 0.571. The number of aromatic hydroxyl groups is 1. The highest BCUT2D eigenvalue weighted by Crippen LogP contribution is 2.61. The van der Waals surface area contributed by atoms with Crippen LogP contribution in [0.25, 0.3) is 11.4 Å². The van der Waals surface area contributed by atoms with Gasteiger partial charge in [0.2, 0.25) is 0 Å². The van der Waals surface area contributed by atoms with E-state index in [9.17, 15) is 5.11 Å². The highest BCUT2D eigenvalue weighted by molar-refractivity contribution is 5.63. The van der Waals surface area contributed by atoms with E-state index in [0.29, 0.717) is 11.2 Å². The Kier molecular flexibility index (Phi) is 3.26. The van der Waals surface area contributed by atoms with E-state index in [1.165, 1.54) is 50.6 Å². The van der Waals surface area contributed by atoms with E-state index in [1.54, 1.807) is 6.07 Å². The average Bonchev–Trinajstić information content (AvgIpc) is 3.01. The summed E-state index contributed by atoms with van der Waals surface area (Å²) >= 11 is 0. The third-order valence-electron chi connectivity index (χ3n) is 6.88. The monoisotopic (exact) mass is 322 g/mol. The van der Waals surface area contributed by atoms with Crippen molar-refractivity contribution >= 4 is 0 Å². The number of nitrogens with zero attached hydrogens (tertiary/aromatic N) is 1. The van der Waals surface area contributed by atoms with Gasteiger partial charge in [-0.2, -0.15) is 0 Å². The lowest BCUT2D eigenvalue weighted by Crippen LogP contribution is -2.46. The van der Waals surface area contributed by atoms with Crippen LogP contribution in [-0.2, 0) is 6.42 Å². The fourth-order valence-corrected chi connectivity index (χ4v) is 6.29. The van der Waals surface area contributed by atoms with Crippen molar-refractivity contribution in [2.45, 2.75) is 51.4 Å². The SMILES string of the molecule is Oc1ccccc1-c1ncc(CCC23CC4CC(CC(C4)C2)C3)[nH]1. The molecule has 0 saturated heterocycles. The van der Waals surface area contributed by atoms with Crippen LogP contribution in [0.4, 0.5) is 0 Å². The van der Waals surface area contributed by atoms with Crippen LogP contribution in [0.15, 0.2) is 30.5 Å². The Bertz CT molecular complexity index is 713. The summed E-state index contributed by atoms with van der Waals surface area (Å²) in [6.07, 6.45) is 13.3. The molecule has 3 heteroatoms. The van der Waals surface area contributed by atoms with Crippen LogP contribution in [0.2, 0.25) is 0 Å². The summed E-state index contributed by atoms with van der Waals surface area (Å²) in [4.78, 5) is 7.93. The summed E-state index contributed by atoms with van der Waals surface area (Å²) in [5, 5.41) is 10.00. The van der Waals surface area contributed by atoms with Gasteiger partial charge in [0.05, 0.1) is 5.56 Å². The number of aromatic amines is 1. The van der Waals surface area contributed by atoms with E-state index in [0.717, 1.165) is 35.6 Å². The zero-order chi connectivity index (χ0) is 16.1. The van der Waals surface area contributed by atoms with Crippen molar-refractivity contribution in [3.05, 3.63) is 36.2 Å². The molecule has 4 aliphatic carbocycles. The van der Waals surface area contributed by atoms with Crippen LogP contribution in [0.1, 0.15) is 50.6 Å². The zero-order valence-corrected chi connectivity index (χ0v) is 14.2. The van der Waals surface area contributed by atoms with E-state index in [2.05, 4.69) is 9.97 Å². The zero-order valence-electron chi connectivity index (χ0n) is 14.2. The van der Waals surface area contributed by atoms with E-state index in [1.807, 2.05) is 24.4 Å². The maximum atomic E-state index is 10.00. The predicted molar refractivity (Wildman–Crippen MR) is 94.6 cm³/mol. The minimum absolute atomic E-state index is 0.291. The Hall–Kier alpha value is -1.77. The average molecular weight is 322 g/mol. The molecule has 0 spiro atoms. The lowest BCUT2D eigenvalue weighted by Gasteiger charge is -2.57. The van der Waals surface area contributed by atoms with E-state index in [4.69, 9.17) is 0 Å². The third kappa shape index (κ3) is 2.45. The summed E-state index contributed by atoms with van der Waals surface area (Å²) in [7, 11) is 0. The second-order valence-corrected chi connectivity index (χ2v) is 8.69. The Morgan fingerprint density at radius 3 is 2.38 bits per heavy atom. The number of imidazole rings is 1. The second kappa shape index (κ2) is 5.37. The molecule has 2 N–H and O–H groups in total. The number of H-pyrrole nitrogens is 1. The standard InChI is InChI=1S/C21H26N2O/c24-19-4-2-1-3-18(19)20-22-13-17(23-20)5-6-21-10-14-7-15(11-21)9-16(8-14)12-21/h1-4,13-16,24H,5-12H2,(H,22,23). The van der Waals surface area contributed by atoms with Crippen molar-refractivity contribution in [1.82, 2.24) is 9.97 Å². The van der Waals surface area contributed by atoms with E-state index < -0.39 is 0 Å². The number of phenolic OH excluding ortho intramolecular Hbond substituents is 1. The van der Waals surface area contributed by atoms with Crippen molar-refractivity contribution in [2.24, 2.45) is 23.2 Å². The van der Waals surface area contributed by atoms with Gasteiger partial charge in [-0.15, -0.1) is 0 Å². The second-order valence-electron chi connectivity index (χ2n) is 8.69. The molecule has 6 rings (SSSR count). The molecular weight excluding hydrogens is 296 g/mol. The van der Waals surface area contributed by atoms with Crippen molar-refractivity contribution in [2.75, 3.05) is 0 Å². The van der Waals surface area contributed by atoms with Gasteiger partial charge in [-0.3, -0.25) is 0 Å². The van der Waals surface area contributed by atoms with Crippen LogP contribution in [0.3, 0.4) is 0 Å². The van der Waals surface area contributed by atoms with Crippen LogP contribution in [0, 0.1) is 23.2 Å². The van der Waals surface area contributed by atoms with Crippen LogP contribution in [-0.4, -0.2) is 15.1 Å². The molecule has 4 bridgehead atoms. The lowest BCUT2D eigenvalue weighted by molar-refractivity contribution is -0.0570. The van der Waals surface area contributed by atoms with Crippen molar-refractivity contribution in [3.8, 4) is 17.1 Å². The maximum Gasteiger partial charge on any atom is 0.141 e. The number of hydrogen-bond acceptors (Lipinski definition) is 2. The molecule has 0 radical (unpaired) electrons. The number of rotatable bonds is 4. The quantitative estimate of drug-likeness (QED) is 0.838. The van der Waals surface area contributed by atoms with Gasteiger partial charge in [0.1, 0.15) is 11.6 Å². The Balaban J connectivity index is 1.30. The molecule has 3 nitrogen and oxygen atoms in total. The van der Waals surface area contributed by atoms with Gasteiger partial charge in [0, 0.05) is 11.9 Å². The Morgan fingerprint density at radius 2 is 1.71 bits per heavy atom. The first-order chi connectivity index (χ1) is 11.7. The molecule has 2 aromatic rings. The first kappa shape index (κ1) is 14.6. The number of para-hydroxylation sites is 1. The normalized spacial score (nSPS) is 33.9. The molecule has 0 aliphatic heterocycles. The molecule has 1 aromatic carbocycles. The minimum Gasteiger partial charge on any atom is -0.507 e. The minimum atomic E-state index is 0.291. The third-order valence-corrected chi connectivity index (χ3v) is 6.88. The topological polar surface area (TPSA) is 48.9 Å². The van der Waals surface area contributed by atoms with Gasteiger partial charge in [0.25, 0.3) is 0 Å². The molecular formula is C21H26N2O. The summed E-state index contributed by atoms with van der Waals surface area (Å²) in [6.45, 7) is 0. The Labute approximate surface area is 143 Å². The largest absolute Gasteiger partial charge is 0.507 e. The Morgan fingerprint density at radius 1 is 1.04 bits per heavy atom. The molecule has 1 aromatic heterocycles. The fourth-order valence-electron chi connectivity index (χ4n) is 6.29. The lowest BCUT2D eigenvalue weighted by atomic mass is 9.48. The first-order valence-electron chi connectivity index (χ1n) is 9.51. The van der Waals surface area contributed by atoms with Gasteiger partial charge in [-0.25, -0.2) is 4.98 Å². The number of phenols is 1. The molecule has 0 unspecified atom stereocenters. The molecule has 1 heterocycles. The number of benzene rings is 1. The van der Waals surface area contributed by atoms with Gasteiger partial charge < -0.3 is 10.1 Å². The number of nitrogens with one attached hydrogen (secondary N) is 1. The van der Waals surface area contributed by atoms with E-state index in [-0.39, 0.29) is 0 Å². The van der Waals surface area contributed by atoms with Crippen LogP contribution in [0.5, 0.6) is 5.75 Å². The van der Waals surface area contributed by atoms with E-state index >= 15 is 0 Å². The number of hydrogen-bond donors (Lipinski definition) is 2. The summed E-state index contributed by atoms with van der Waals surface area (Å²) in [5.41, 5.74) is 2.62. The van der Waals surface area contributed by atoms with Crippen LogP contribution >= 0.6 is 0 Å². The van der Waals surface area contributed by atoms with Gasteiger partial charge in [-0.05, 0) is 86.7 Å². The molecule has 0 amide bonds. The highest BCUT2D eigenvalue weighted by Gasteiger charge is 2.50. The van der Waals surface area contributed by atoms with Gasteiger partial charge in [0.15, 0.2) is 0 Å². The van der Waals surface area contributed by atoms with Crippen LogP contribution < -0.4 is 0 Å². The molecule has 126 valence electrons. The number of aromatic nitrogens is 2. The summed E-state index contributed by atoms with van der Waals surface area (Å²) in [6, 6.07) is 7.41. The van der Waals surface area contributed by atoms with Gasteiger partial charge in [-0.1, -0.05) is 12.1 Å². The molecule has 4 saturated carbocycles. The molecule has 24 heavy (non-hydrogen) atoms. The predicted octanol–water partition coefficient (Wildman–Crippen LogP) is 4.93. The molecule has 4 fully saturated rings. The summed E-state index contributed by atoms with van der Waals surface area (Å²) in [5.74, 6) is 4.15. The number of aryl methyl sites for hydroxylation is 1. The van der Waals surface area contributed by atoms with Crippen molar-refractivity contribution in [1.29, 1.82) is 0 Å². The highest BCUT2D eigenvalue weighted by atomic mass is 16.3.